The SMILES string of the molecule is C=C1[C@@H](OC(=O)/C=C/c2ccccc2)CC[C@@]2(C)[C@@H](OC(C)=O)[C@H](OC(C)=O)C3=C(C)[C@@H](OC(C)=O)C[C@@]3(C(C)(C)O)[C@@H](OC(C)=O)[C@H]12. The maximum absolute atomic E-state index is 13.1. The van der Waals surface area contributed by atoms with E-state index in [9.17, 15) is 29.1 Å². The van der Waals surface area contributed by atoms with Crippen molar-refractivity contribution in [3.05, 3.63) is 65.3 Å². The minimum Gasteiger partial charge on any atom is -0.461 e. The Labute approximate surface area is 281 Å². The molecule has 2 fully saturated rings. The highest BCUT2D eigenvalue weighted by Crippen LogP contribution is 2.66. The van der Waals surface area contributed by atoms with Crippen LogP contribution in [0.25, 0.3) is 6.08 Å². The molecule has 0 heterocycles. The summed E-state index contributed by atoms with van der Waals surface area (Å²) < 4.78 is 30.0. The van der Waals surface area contributed by atoms with Crippen LogP contribution < -0.4 is 0 Å². The Balaban J connectivity index is 1.96. The largest absolute Gasteiger partial charge is 0.461 e. The quantitative estimate of drug-likeness (QED) is 0.176. The van der Waals surface area contributed by atoms with Gasteiger partial charge in [0.2, 0.25) is 0 Å². The number of carbonyl (C=O) groups excluding carboxylic acids is 5. The Hall–Kier alpha value is -4.25. The van der Waals surface area contributed by atoms with Crippen molar-refractivity contribution >= 4 is 35.9 Å². The zero-order valence-corrected chi connectivity index (χ0v) is 28.9. The molecule has 3 aliphatic rings. The monoisotopic (exact) mass is 666 g/mol. The smallest absolute Gasteiger partial charge is 0.331 e. The Morgan fingerprint density at radius 2 is 1.42 bits per heavy atom. The van der Waals surface area contributed by atoms with Gasteiger partial charge in [0.05, 0.1) is 11.0 Å². The zero-order valence-electron chi connectivity index (χ0n) is 28.9. The third-order valence-electron chi connectivity index (χ3n) is 10.1. The van der Waals surface area contributed by atoms with Crippen LogP contribution in [0.2, 0.25) is 0 Å². The molecule has 0 spiro atoms. The highest BCUT2D eigenvalue weighted by atomic mass is 16.6. The van der Waals surface area contributed by atoms with E-state index < -0.39 is 82.7 Å². The standard InChI is InChI=1S/C37H46O11/c1-20-27(48-29(42)16-15-26-13-11-10-12-14-26)17-18-36(9)31(20)33(46-24(5)40)37(35(7,8)43)19-28(44-22(3)38)21(2)30(37)32(45-23(4)39)34(36)47-25(6)41/h10-16,27-28,31-34,43H,1,17-19H2,2-9H3/b16-15+/t27-,28-,31-,32+,33-,34-,36+,37-/m0/s1. The minimum atomic E-state index is -1.72. The number of rotatable bonds is 8. The van der Waals surface area contributed by atoms with Gasteiger partial charge in [-0.2, -0.15) is 0 Å². The van der Waals surface area contributed by atoms with E-state index in [2.05, 4.69) is 6.58 Å². The van der Waals surface area contributed by atoms with Gasteiger partial charge in [-0.1, -0.05) is 43.8 Å². The highest BCUT2D eigenvalue weighted by Gasteiger charge is 2.72. The summed E-state index contributed by atoms with van der Waals surface area (Å²) in [4.78, 5) is 64.0. The average molecular weight is 667 g/mol. The molecule has 1 N–H and O–H groups in total. The maximum atomic E-state index is 13.1. The Kier molecular flexibility index (Phi) is 10.4. The van der Waals surface area contributed by atoms with Crippen LogP contribution in [0.3, 0.4) is 0 Å². The highest BCUT2D eigenvalue weighted by molar-refractivity contribution is 5.87. The molecule has 4 rings (SSSR count). The molecule has 1 aromatic rings. The van der Waals surface area contributed by atoms with Crippen molar-refractivity contribution in [1.29, 1.82) is 0 Å². The van der Waals surface area contributed by atoms with E-state index >= 15 is 0 Å². The molecule has 8 atom stereocenters. The van der Waals surface area contributed by atoms with E-state index in [-0.39, 0.29) is 19.3 Å². The number of ether oxygens (including phenoxy) is 5. The van der Waals surface area contributed by atoms with Gasteiger partial charge in [-0.05, 0) is 62.0 Å². The van der Waals surface area contributed by atoms with Gasteiger partial charge in [0.25, 0.3) is 0 Å². The molecule has 11 nitrogen and oxygen atoms in total. The topological polar surface area (TPSA) is 152 Å². The first-order valence-electron chi connectivity index (χ1n) is 16.1. The molecular weight excluding hydrogens is 620 g/mol. The summed E-state index contributed by atoms with van der Waals surface area (Å²) in [5, 5.41) is 12.2. The van der Waals surface area contributed by atoms with Crippen LogP contribution in [0, 0.1) is 16.7 Å². The van der Waals surface area contributed by atoms with Crippen molar-refractivity contribution in [1.82, 2.24) is 0 Å². The van der Waals surface area contributed by atoms with E-state index in [0.717, 1.165) is 5.56 Å². The Morgan fingerprint density at radius 3 is 1.96 bits per heavy atom. The molecule has 3 aliphatic carbocycles. The van der Waals surface area contributed by atoms with E-state index in [1.165, 1.54) is 33.8 Å². The Morgan fingerprint density at radius 1 is 0.854 bits per heavy atom. The molecule has 0 aromatic heterocycles. The fourth-order valence-electron chi connectivity index (χ4n) is 8.20. The molecule has 1 aromatic carbocycles. The molecule has 0 unspecified atom stereocenters. The first kappa shape index (κ1) is 36.6. The molecule has 2 saturated carbocycles. The van der Waals surface area contributed by atoms with E-state index in [1.54, 1.807) is 26.8 Å². The fourth-order valence-corrected chi connectivity index (χ4v) is 8.20. The van der Waals surface area contributed by atoms with Crippen molar-refractivity contribution in [2.75, 3.05) is 0 Å². The van der Waals surface area contributed by atoms with Gasteiger partial charge >= 0.3 is 29.8 Å². The second-order valence-electron chi connectivity index (χ2n) is 13.8. The molecule has 0 radical (unpaired) electrons. The zero-order chi connectivity index (χ0) is 35.8. The van der Waals surface area contributed by atoms with Crippen LogP contribution >= 0.6 is 0 Å². The van der Waals surface area contributed by atoms with Crippen LogP contribution in [0.1, 0.15) is 80.2 Å². The predicted octanol–water partition coefficient (Wildman–Crippen LogP) is 4.80. The predicted molar refractivity (Wildman–Crippen MR) is 174 cm³/mol. The van der Waals surface area contributed by atoms with Crippen molar-refractivity contribution in [3.8, 4) is 0 Å². The van der Waals surface area contributed by atoms with Crippen molar-refractivity contribution in [2.24, 2.45) is 16.7 Å². The van der Waals surface area contributed by atoms with Crippen molar-refractivity contribution in [2.45, 2.75) is 111 Å². The van der Waals surface area contributed by atoms with Gasteiger partial charge in [-0.3, -0.25) is 19.2 Å². The Bertz CT molecular complexity index is 1530. The number of carbonyl (C=O) groups is 5. The molecule has 11 heteroatoms. The molecule has 260 valence electrons. The van der Waals surface area contributed by atoms with E-state index in [4.69, 9.17) is 23.7 Å². The molecule has 0 saturated heterocycles. The van der Waals surface area contributed by atoms with Gasteiger partial charge in [0.15, 0.2) is 6.10 Å². The summed E-state index contributed by atoms with van der Waals surface area (Å²) >= 11 is 0. The summed E-state index contributed by atoms with van der Waals surface area (Å²) in [6.45, 7) is 15.9. The third-order valence-corrected chi connectivity index (χ3v) is 10.1. The molecule has 0 bridgehead atoms. The number of hydrogen-bond acceptors (Lipinski definition) is 11. The third kappa shape index (κ3) is 6.83. The van der Waals surface area contributed by atoms with Crippen LogP contribution in [0.5, 0.6) is 0 Å². The lowest BCUT2D eigenvalue weighted by Gasteiger charge is -2.54. The number of esters is 5. The first-order chi connectivity index (χ1) is 22.3. The van der Waals surface area contributed by atoms with Crippen LogP contribution in [0.4, 0.5) is 0 Å². The van der Waals surface area contributed by atoms with Gasteiger partial charge in [-0.25, -0.2) is 4.79 Å². The number of benzene rings is 1. The number of hydrogen-bond donors (Lipinski definition) is 1. The summed E-state index contributed by atoms with van der Waals surface area (Å²) in [6, 6.07) is 9.23. The van der Waals surface area contributed by atoms with E-state index in [1.807, 2.05) is 37.3 Å². The van der Waals surface area contributed by atoms with Gasteiger partial charge in [0, 0.05) is 51.5 Å². The molecule has 0 aliphatic heterocycles. The van der Waals surface area contributed by atoms with Crippen LogP contribution in [0.15, 0.2) is 59.7 Å². The van der Waals surface area contributed by atoms with Crippen molar-refractivity contribution in [3.63, 3.8) is 0 Å². The van der Waals surface area contributed by atoms with Gasteiger partial charge < -0.3 is 28.8 Å². The summed E-state index contributed by atoms with van der Waals surface area (Å²) in [5.74, 6) is -4.14. The van der Waals surface area contributed by atoms with Gasteiger partial charge in [0.1, 0.15) is 24.4 Å². The van der Waals surface area contributed by atoms with E-state index in [0.29, 0.717) is 16.7 Å². The molecule has 0 amide bonds. The lowest BCUT2D eigenvalue weighted by molar-refractivity contribution is -0.192. The average Bonchev–Trinajstić information content (AvgIpc) is 3.23. The summed E-state index contributed by atoms with van der Waals surface area (Å²) in [6.07, 6.45) is -2.01. The van der Waals surface area contributed by atoms with Crippen LogP contribution in [-0.4, -0.2) is 71.1 Å². The van der Waals surface area contributed by atoms with Gasteiger partial charge in [-0.15, -0.1) is 0 Å². The molecule has 48 heavy (non-hydrogen) atoms. The second-order valence-corrected chi connectivity index (χ2v) is 13.8. The molecular formula is C37H46O11. The minimum absolute atomic E-state index is 0.0517. The summed E-state index contributed by atoms with van der Waals surface area (Å²) in [5.41, 5.74) is -2.44. The fraction of sp³-hybridized carbons (Fsp3) is 0.541. The lowest BCUT2D eigenvalue weighted by Crippen LogP contribution is -2.60. The number of aliphatic hydroxyl groups is 1. The lowest BCUT2D eigenvalue weighted by atomic mass is 9.55. The first-order valence-corrected chi connectivity index (χ1v) is 16.1. The van der Waals surface area contributed by atoms with Crippen LogP contribution in [-0.2, 0) is 47.7 Å². The van der Waals surface area contributed by atoms with Crippen molar-refractivity contribution < 1.29 is 52.8 Å². The normalized spacial score (nSPS) is 31.6. The maximum Gasteiger partial charge on any atom is 0.331 e. The number of fused-ring (bicyclic) bond motifs is 2. The second kappa shape index (κ2) is 13.7. The summed E-state index contributed by atoms with van der Waals surface area (Å²) in [7, 11) is 0.